The van der Waals surface area contributed by atoms with Crippen LogP contribution in [-0.2, 0) is 0 Å². The van der Waals surface area contributed by atoms with Gasteiger partial charge in [-0.05, 0) is 61.2 Å². The molecule has 1 amide bonds. The van der Waals surface area contributed by atoms with Gasteiger partial charge in [0.15, 0.2) is 0 Å². The van der Waals surface area contributed by atoms with E-state index in [2.05, 4.69) is 31.2 Å². The minimum Gasteiger partial charge on any atom is -0.354 e. The Morgan fingerprint density at radius 2 is 1.83 bits per heavy atom. The highest BCUT2D eigenvalue weighted by molar-refractivity contribution is 5.99. The molecule has 5 rings (SSSR count). The molecule has 0 saturated carbocycles. The third-order valence-electron chi connectivity index (χ3n) is 6.79. The summed E-state index contributed by atoms with van der Waals surface area (Å²) in [6.07, 6.45) is 5.61. The van der Waals surface area contributed by atoms with Crippen LogP contribution < -0.4 is 10.2 Å². The molecule has 2 saturated heterocycles. The second-order valence-electron chi connectivity index (χ2n) is 9.27. The Hall–Kier alpha value is -3.52. The summed E-state index contributed by atoms with van der Waals surface area (Å²) in [4.78, 5) is 29.1. The van der Waals surface area contributed by atoms with Gasteiger partial charge in [-0.15, -0.1) is 0 Å². The van der Waals surface area contributed by atoms with E-state index in [9.17, 15) is 9.18 Å². The van der Waals surface area contributed by atoms with E-state index in [1.807, 2.05) is 23.2 Å². The Morgan fingerprint density at radius 3 is 2.63 bits per heavy atom. The van der Waals surface area contributed by atoms with Gasteiger partial charge in [0.1, 0.15) is 17.5 Å². The van der Waals surface area contributed by atoms with Gasteiger partial charge in [0.2, 0.25) is 0 Å². The van der Waals surface area contributed by atoms with Gasteiger partial charge >= 0.3 is 0 Å². The van der Waals surface area contributed by atoms with Gasteiger partial charge in [0.25, 0.3) is 5.91 Å². The number of piperidine rings is 1. The molecule has 2 aliphatic heterocycles. The third-order valence-corrected chi connectivity index (χ3v) is 6.79. The number of halogens is 1. The molecule has 1 atom stereocenters. The van der Waals surface area contributed by atoms with Gasteiger partial charge in [0, 0.05) is 63.9 Å². The number of nitrogens with zero attached hydrogens (tertiary/aromatic N) is 5. The van der Waals surface area contributed by atoms with Crippen LogP contribution in [0.1, 0.15) is 23.2 Å². The zero-order valence-electron chi connectivity index (χ0n) is 19.8. The molecule has 1 unspecified atom stereocenters. The number of pyridine rings is 2. The van der Waals surface area contributed by atoms with Crippen LogP contribution in [0.2, 0.25) is 0 Å². The molecule has 0 bridgehead atoms. The summed E-state index contributed by atoms with van der Waals surface area (Å²) in [6.45, 7) is 6.44. The van der Waals surface area contributed by atoms with E-state index >= 15 is 0 Å². The molecule has 35 heavy (non-hydrogen) atoms. The number of nitrogens with one attached hydrogen (secondary N) is 1. The minimum absolute atomic E-state index is 0.0262. The number of carbonyl (C=O) groups excluding carboxylic acids is 1. The van der Waals surface area contributed by atoms with Crippen LogP contribution in [0.25, 0.3) is 0 Å². The molecule has 7 nitrogen and oxygen atoms in total. The van der Waals surface area contributed by atoms with Crippen LogP contribution in [0.3, 0.4) is 0 Å². The summed E-state index contributed by atoms with van der Waals surface area (Å²) in [5.41, 5.74) is 1.08. The molecule has 0 radical (unpaired) electrons. The summed E-state index contributed by atoms with van der Waals surface area (Å²) < 4.78 is 13.6. The standard InChI is InChI=1S/C27H31FN6O/c28-22-7-3-8-23(18-22)31-26-24(9-4-12-30-26)27(35)34-13-5-6-21(20-34)19-32-14-16-33(17-15-32)25-10-1-2-11-29-25/h1-4,7-12,18,21H,5-6,13-17,19-20H2,(H,30,31). The first-order valence-electron chi connectivity index (χ1n) is 12.3. The fourth-order valence-corrected chi connectivity index (χ4v) is 5.01. The van der Waals surface area contributed by atoms with E-state index in [1.54, 1.807) is 30.5 Å². The Morgan fingerprint density at radius 1 is 0.971 bits per heavy atom. The number of likely N-dealkylation sites (tertiary alicyclic amines) is 1. The molecule has 182 valence electrons. The predicted molar refractivity (Wildman–Crippen MR) is 135 cm³/mol. The maximum absolute atomic E-state index is 13.6. The average Bonchev–Trinajstić information content (AvgIpc) is 2.90. The average molecular weight is 475 g/mol. The number of piperazine rings is 1. The van der Waals surface area contributed by atoms with Gasteiger partial charge in [-0.2, -0.15) is 0 Å². The summed E-state index contributed by atoms with van der Waals surface area (Å²) in [6, 6.07) is 15.8. The van der Waals surface area contributed by atoms with Crippen molar-refractivity contribution >= 4 is 23.2 Å². The number of anilines is 3. The number of amides is 1. The number of carbonyl (C=O) groups is 1. The third kappa shape index (κ3) is 5.77. The van der Waals surface area contributed by atoms with E-state index in [4.69, 9.17) is 0 Å². The zero-order valence-corrected chi connectivity index (χ0v) is 19.8. The van der Waals surface area contributed by atoms with Crippen LogP contribution in [0.15, 0.2) is 67.0 Å². The van der Waals surface area contributed by atoms with E-state index in [1.165, 1.54) is 12.1 Å². The quantitative estimate of drug-likeness (QED) is 0.582. The molecule has 0 aliphatic carbocycles. The van der Waals surface area contributed by atoms with Crippen molar-refractivity contribution < 1.29 is 9.18 Å². The minimum atomic E-state index is -0.335. The van der Waals surface area contributed by atoms with Gasteiger partial charge < -0.3 is 15.1 Å². The molecular formula is C27H31FN6O. The highest BCUT2D eigenvalue weighted by Gasteiger charge is 2.28. The smallest absolute Gasteiger partial charge is 0.257 e. The maximum atomic E-state index is 13.6. The van der Waals surface area contributed by atoms with Crippen molar-refractivity contribution in [3.05, 3.63) is 78.4 Å². The summed E-state index contributed by atoms with van der Waals surface area (Å²) in [7, 11) is 0. The van der Waals surface area contributed by atoms with E-state index in [-0.39, 0.29) is 11.7 Å². The lowest BCUT2D eigenvalue weighted by Crippen LogP contribution is -2.50. The maximum Gasteiger partial charge on any atom is 0.257 e. The molecule has 2 aromatic heterocycles. The number of benzene rings is 1. The first-order valence-corrected chi connectivity index (χ1v) is 12.3. The van der Waals surface area contributed by atoms with Crippen molar-refractivity contribution in [2.45, 2.75) is 12.8 Å². The molecular weight excluding hydrogens is 443 g/mol. The molecule has 2 fully saturated rings. The Kier molecular flexibility index (Phi) is 7.18. The van der Waals surface area contributed by atoms with Crippen molar-refractivity contribution in [2.75, 3.05) is 56.0 Å². The Bertz CT molecular complexity index is 1140. The first-order chi connectivity index (χ1) is 17.2. The number of hydrogen-bond acceptors (Lipinski definition) is 6. The van der Waals surface area contributed by atoms with Gasteiger partial charge in [-0.25, -0.2) is 14.4 Å². The molecule has 0 spiro atoms. The van der Waals surface area contributed by atoms with Crippen LogP contribution >= 0.6 is 0 Å². The van der Waals surface area contributed by atoms with E-state index in [0.29, 0.717) is 23.0 Å². The van der Waals surface area contributed by atoms with Gasteiger partial charge in [0.05, 0.1) is 5.56 Å². The molecule has 3 aromatic rings. The second-order valence-corrected chi connectivity index (χ2v) is 9.27. The van der Waals surface area contributed by atoms with Crippen molar-refractivity contribution in [3.8, 4) is 0 Å². The summed E-state index contributed by atoms with van der Waals surface area (Å²) >= 11 is 0. The van der Waals surface area contributed by atoms with Crippen molar-refractivity contribution in [3.63, 3.8) is 0 Å². The van der Waals surface area contributed by atoms with Crippen molar-refractivity contribution in [1.29, 1.82) is 0 Å². The molecule has 4 heterocycles. The molecule has 1 N–H and O–H groups in total. The van der Waals surface area contributed by atoms with Crippen molar-refractivity contribution in [1.82, 2.24) is 19.8 Å². The first kappa shape index (κ1) is 23.2. The molecule has 8 heteroatoms. The fraction of sp³-hybridized carbons (Fsp3) is 0.370. The largest absolute Gasteiger partial charge is 0.354 e. The summed E-state index contributed by atoms with van der Waals surface area (Å²) in [5, 5.41) is 3.11. The summed E-state index contributed by atoms with van der Waals surface area (Å²) in [5.74, 6) is 1.59. The van der Waals surface area contributed by atoms with E-state index in [0.717, 1.165) is 64.5 Å². The topological polar surface area (TPSA) is 64.6 Å². The second kappa shape index (κ2) is 10.8. The predicted octanol–water partition coefficient (Wildman–Crippen LogP) is 4.03. The Labute approximate surface area is 205 Å². The number of hydrogen-bond donors (Lipinski definition) is 1. The van der Waals surface area contributed by atoms with Gasteiger partial charge in [-0.1, -0.05) is 12.1 Å². The lowest BCUT2D eigenvalue weighted by Gasteiger charge is -2.39. The molecule has 1 aromatic carbocycles. The van der Waals surface area contributed by atoms with Gasteiger partial charge in [-0.3, -0.25) is 9.69 Å². The monoisotopic (exact) mass is 474 g/mol. The lowest BCUT2D eigenvalue weighted by atomic mass is 9.96. The highest BCUT2D eigenvalue weighted by Crippen LogP contribution is 2.25. The normalized spacial score (nSPS) is 18.9. The zero-order chi connectivity index (χ0) is 24.0. The fourth-order valence-electron chi connectivity index (χ4n) is 5.01. The van der Waals surface area contributed by atoms with E-state index < -0.39 is 0 Å². The highest BCUT2D eigenvalue weighted by atomic mass is 19.1. The Balaban J connectivity index is 1.19. The van der Waals surface area contributed by atoms with Crippen LogP contribution in [0, 0.1) is 11.7 Å². The van der Waals surface area contributed by atoms with Crippen LogP contribution in [0.4, 0.5) is 21.7 Å². The molecule has 2 aliphatic rings. The van der Waals surface area contributed by atoms with Crippen LogP contribution in [-0.4, -0.2) is 71.5 Å². The number of aromatic nitrogens is 2. The number of rotatable bonds is 6. The van der Waals surface area contributed by atoms with Crippen molar-refractivity contribution in [2.24, 2.45) is 5.92 Å². The SMILES string of the molecule is O=C(c1cccnc1Nc1cccc(F)c1)N1CCCC(CN2CCN(c3ccccn3)CC2)C1. The van der Waals surface area contributed by atoms with Crippen LogP contribution in [0.5, 0.6) is 0 Å². The lowest BCUT2D eigenvalue weighted by molar-refractivity contribution is 0.0638.